The van der Waals surface area contributed by atoms with E-state index in [4.69, 9.17) is 4.43 Å². The molecule has 2 aromatic rings. The maximum absolute atomic E-state index is 6.77. The average Bonchev–Trinajstić information content (AvgIpc) is 2.48. The molecule has 1 nitrogen and oxygen atoms in total. The molecule has 118 valence electrons. The van der Waals surface area contributed by atoms with Crippen molar-refractivity contribution in [3.8, 4) is 0 Å². The van der Waals surface area contributed by atoms with E-state index >= 15 is 0 Å². The van der Waals surface area contributed by atoms with E-state index in [0.29, 0.717) is 5.92 Å². The van der Waals surface area contributed by atoms with Crippen molar-refractivity contribution in [3.05, 3.63) is 60.7 Å². The number of hydrogen-bond donors (Lipinski definition) is 0. The van der Waals surface area contributed by atoms with Gasteiger partial charge in [-0.25, -0.2) is 0 Å². The Bertz CT molecular complexity index is 530. The number of benzene rings is 2. The van der Waals surface area contributed by atoms with Crippen LogP contribution in [0.2, 0.25) is 5.04 Å². The predicted molar refractivity (Wildman–Crippen MR) is 98.4 cm³/mol. The Labute approximate surface area is 136 Å². The first kappa shape index (κ1) is 17.0. The van der Waals surface area contributed by atoms with Gasteiger partial charge in [0.05, 0.1) is 0 Å². The summed E-state index contributed by atoms with van der Waals surface area (Å²) < 4.78 is 6.77. The summed E-state index contributed by atoms with van der Waals surface area (Å²) in [5, 5.41) is 2.79. The maximum atomic E-state index is 6.77. The third kappa shape index (κ3) is 3.34. The highest BCUT2D eigenvalue weighted by molar-refractivity contribution is 6.99. The van der Waals surface area contributed by atoms with E-state index in [-0.39, 0.29) is 5.04 Å². The molecule has 2 rings (SSSR count). The topological polar surface area (TPSA) is 9.23 Å². The first-order valence-corrected chi connectivity index (χ1v) is 10.0. The van der Waals surface area contributed by atoms with Crippen LogP contribution in [0.25, 0.3) is 0 Å². The molecule has 0 heterocycles. The molecule has 0 spiro atoms. The quantitative estimate of drug-likeness (QED) is 0.751. The van der Waals surface area contributed by atoms with Gasteiger partial charge in [0, 0.05) is 6.61 Å². The molecule has 0 aliphatic carbocycles. The van der Waals surface area contributed by atoms with Crippen molar-refractivity contribution in [1.82, 2.24) is 0 Å². The molecule has 0 fully saturated rings. The summed E-state index contributed by atoms with van der Waals surface area (Å²) in [7, 11) is -2.31. The van der Waals surface area contributed by atoms with E-state index in [1.807, 2.05) is 0 Å². The van der Waals surface area contributed by atoms with Crippen molar-refractivity contribution in [1.29, 1.82) is 0 Å². The van der Waals surface area contributed by atoms with Crippen LogP contribution in [0.1, 0.15) is 34.6 Å². The van der Waals surface area contributed by atoms with Gasteiger partial charge >= 0.3 is 0 Å². The molecule has 0 bridgehead atoms. The van der Waals surface area contributed by atoms with E-state index in [0.717, 1.165) is 6.61 Å². The molecule has 0 aliphatic rings. The number of rotatable bonds is 5. The molecule has 0 aromatic heterocycles. The lowest BCUT2D eigenvalue weighted by molar-refractivity contribution is 0.255. The van der Waals surface area contributed by atoms with Gasteiger partial charge < -0.3 is 4.43 Å². The zero-order valence-electron chi connectivity index (χ0n) is 14.5. The van der Waals surface area contributed by atoms with Crippen molar-refractivity contribution in [2.75, 3.05) is 6.61 Å². The van der Waals surface area contributed by atoms with E-state index in [9.17, 15) is 0 Å². The van der Waals surface area contributed by atoms with Crippen LogP contribution < -0.4 is 10.4 Å². The van der Waals surface area contributed by atoms with Gasteiger partial charge in [-0.15, -0.1) is 0 Å². The number of hydrogen-bond acceptors (Lipinski definition) is 1. The van der Waals surface area contributed by atoms with Crippen molar-refractivity contribution in [2.24, 2.45) is 5.92 Å². The molecule has 0 N–H and O–H groups in total. The summed E-state index contributed by atoms with van der Waals surface area (Å²) in [5.74, 6) is 0.529. The van der Waals surface area contributed by atoms with Crippen molar-refractivity contribution in [2.45, 2.75) is 39.7 Å². The van der Waals surface area contributed by atoms with E-state index in [2.05, 4.69) is 95.3 Å². The molecular weight excluding hydrogens is 284 g/mol. The van der Waals surface area contributed by atoms with Crippen LogP contribution in [0.4, 0.5) is 0 Å². The Morgan fingerprint density at radius 2 is 1.23 bits per heavy atom. The second-order valence-electron chi connectivity index (χ2n) is 7.37. The Balaban J connectivity index is 2.64. The van der Waals surface area contributed by atoms with E-state index in [1.54, 1.807) is 0 Å². The predicted octanol–water partition coefficient (Wildman–Crippen LogP) is 4.22. The summed E-state index contributed by atoms with van der Waals surface area (Å²) >= 11 is 0. The van der Waals surface area contributed by atoms with E-state index in [1.165, 1.54) is 10.4 Å². The van der Waals surface area contributed by atoms with Crippen LogP contribution in [0, 0.1) is 5.92 Å². The van der Waals surface area contributed by atoms with Crippen molar-refractivity contribution < 1.29 is 4.43 Å². The molecule has 0 saturated carbocycles. The largest absolute Gasteiger partial charge is 0.407 e. The molecule has 2 heteroatoms. The fourth-order valence-corrected chi connectivity index (χ4v) is 7.79. The Morgan fingerprint density at radius 1 is 0.818 bits per heavy atom. The normalized spacial score (nSPS) is 12.6. The van der Waals surface area contributed by atoms with Crippen LogP contribution in [-0.4, -0.2) is 14.9 Å². The molecule has 22 heavy (non-hydrogen) atoms. The van der Waals surface area contributed by atoms with Crippen LogP contribution in [0.15, 0.2) is 60.7 Å². The minimum atomic E-state index is -2.31. The maximum Gasteiger partial charge on any atom is 0.261 e. The van der Waals surface area contributed by atoms with Gasteiger partial charge in [0.2, 0.25) is 0 Å². The molecule has 0 amide bonds. The zero-order chi connectivity index (χ0) is 16.2. The van der Waals surface area contributed by atoms with Gasteiger partial charge in [0.1, 0.15) is 0 Å². The molecule has 0 atom stereocenters. The first-order chi connectivity index (χ1) is 10.4. The zero-order valence-corrected chi connectivity index (χ0v) is 15.5. The lowest BCUT2D eigenvalue weighted by atomic mass is 10.2. The fraction of sp³-hybridized carbons (Fsp3) is 0.400. The second kappa shape index (κ2) is 6.80. The highest BCUT2D eigenvalue weighted by Gasteiger charge is 2.50. The summed E-state index contributed by atoms with van der Waals surface area (Å²) in [5.41, 5.74) is 0. The van der Waals surface area contributed by atoms with Gasteiger partial charge in [-0.1, -0.05) is 95.3 Å². The van der Waals surface area contributed by atoms with Gasteiger partial charge in [0.25, 0.3) is 8.32 Å². The summed E-state index contributed by atoms with van der Waals surface area (Å²) in [4.78, 5) is 0. The van der Waals surface area contributed by atoms with Gasteiger partial charge in [-0.3, -0.25) is 0 Å². The van der Waals surface area contributed by atoms with E-state index < -0.39 is 8.32 Å². The smallest absolute Gasteiger partial charge is 0.261 e. The SMILES string of the molecule is CC(C)CO[Si](c1ccccc1)(c1ccccc1)C(C)(C)C. The molecule has 0 aliphatic heterocycles. The lowest BCUT2D eigenvalue weighted by Gasteiger charge is -2.43. The molecule has 0 saturated heterocycles. The summed E-state index contributed by atoms with van der Waals surface area (Å²) in [6.45, 7) is 12.2. The van der Waals surface area contributed by atoms with Crippen LogP contribution in [0.5, 0.6) is 0 Å². The lowest BCUT2D eigenvalue weighted by Crippen LogP contribution is -2.66. The Morgan fingerprint density at radius 3 is 1.55 bits per heavy atom. The van der Waals surface area contributed by atoms with Crippen molar-refractivity contribution in [3.63, 3.8) is 0 Å². The molecule has 2 aromatic carbocycles. The third-order valence-electron chi connectivity index (χ3n) is 4.05. The summed E-state index contributed by atoms with van der Waals surface area (Å²) in [6.07, 6.45) is 0. The summed E-state index contributed by atoms with van der Waals surface area (Å²) in [6, 6.07) is 21.6. The average molecular weight is 313 g/mol. The van der Waals surface area contributed by atoms with Crippen LogP contribution in [-0.2, 0) is 4.43 Å². The first-order valence-electron chi connectivity index (χ1n) is 8.13. The van der Waals surface area contributed by atoms with Crippen LogP contribution >= 0.6 is 0 Å². The monoisotopic (exact) mass is 312 g/mol. The minimum Gasteiger partial charge on any atom is -0.407 e. The highest BCUT2D eigenvalue weighted by atomic mass is 28.4. The minimum absolute atomic E-state index is 0.0740. The highest BCUT2D eigenvalue weighted by Crippen LogP contribution is 2.36. The standard InChI is InChI=1S/C20H28OSi/c1-17(2)16-21-22(20(3,4)5,18-12-8-6-9-13-18)19-14-10-7-11-15-19/h6-15,17H,16H2,1-5H3. The molecular formula is C20H28OSi. The second-order valence-corrected chi connectivity index (χ2v) is 11.7. The van der Waals surface area contributed by atoms with Gasteiger partial charge in [-0.05, 0) is 21.3 Å². The molecule has 0 unspecified atom stereocenters. The fourth-order valence-electron chi connectivity index (χ4n) is 3.05. The van der Waals surface area contributed by atoms with Gasteiger partial charge in [-0.2, -0.15) is 0 Å². The Hall–Kier alpha value is -1.38. The van der Waals surface area contributed by atoms with Crippen LogP contribution in [0.3, 0.4) is 0 Å². The third-order valence-corrected chi connectivity index (χ3v) is 9.05. The molecule has 0 radical (unpaired) electrons. The Kier molecular flexibility index (Phi) is 5.25. The van der Waals surface area contributed by atoms with Crippen molar-refractivity contribution >= 4 is 18.7 Å². The van der Waals surface area contributed by atoms with Gasteiger partial charge in [0.15, 0.2) is 0 Å².